The minimum Gasteiger partial charge on any atom is -0.443 e. The number of benzene rings is 2. The van der Waals surface area contributed by atoms with Crippen molar-refractivity contribution in [3.63, 3.8) is 0 Å². The van der Waals surface area contributed by atoms with Crippen molar-refractivity contribution in [2.45, 2.75) is 19.3 Å². The van der Waals surface area contributed by atoms with Crippen LogP contribution in [-0.4, -0.2) is 59.2 Å². The van der Waals surface area contributed by atoms with Gasteiger partial charge in [-0.05, 0) is 43.3 Å². The molecule has 3 heterocycles. The number of anilines is 2. The van der Waals surface area contributed by atoms with Crippen molar-refractivity contribution in [3.05, 3.63) is 96.0 Å². The van der Waals surface area contributed by atoms with Crippen molar-refractivity contribution in [1.29, 1.82) is 0 Å². The lowest BCUT2D eigenvalue weighted by Gasteiger charge is -2.38. The summed E-state index contributed by atoms with van der Waals surface area (Å²) in [4.78, 5) is 37.4. The number of alkyl halides is 3. The summed E-state index contributed by atoms with van der Waals surface area (Å²) < 4.78 is 51.3. The zero-order valence-electron chi connectivity index (χ0n) is 22.0. The minimum atomic E-state index is -4.91. The van der Waals surface area contributed by atoms with Gasteiger partial charge >= 0.3 is 12.1 Å². The minimum absolute atomic E-state index is 0.205. The number of oxazole rings is 1. The summed E-state index contributed by atoms with van der Waals surface area (Å²) in [5, 5.41) is 2.42. The van der Waals surface area contributed by atoms with Crippen LogP contribution in [0.15, 0.2) is 83.4 Å². The van der Waals surface area contributed by atoms with E-state index < -0.39 is 29.8 Å². The summed E-state index contributed by atoms with van der Waals surface area (Å²) in [6.45, 7) is 4.30. The number of carbonyl (C=O) groups is 2. The maximum atomic E-state index is 13.6. The van der Waals surface area contributed by atoms with Crippen LogP contribution in [0.3, 0.4) is 0 Å². The molecule has 0 bridgehead atoms. The molecule has 1 amide bonds. The Bertz CT molecular complexity index is 1490. The first kappa shape index (κ1) is 27.8. The summed E-state index contributed by atoms with van der Waals surface area (Å²) in [5.41, 5.74) is 0.144. The highest BCUT2D eigenvalue weighted by molar-refractivity contribution is 6.04. The molecule has 1 N–H and O–H groups in total. The van der Waals surface area contributed by atoms with Crippen molar-refractivity contribution < 1.29 is 31.9 Å². The van der Waals surface area contributed by atoms with Crippen LogP contribution in [0, 0.1) is 0 Å². The molecule has 212 valence electrons. The van der Waals surface area contributed by atoms with Gasteiger partial charge in [-0.15, -0.1) is 0 Å². The Hall–Kier alpha value is -4.71. The molecule has 2 aromatic heterocycles. The van der Waals surface area contributed by atoms with Gasteiger partial charge in [-0.25, -0.2) is 14.8 Å². The van der Waals surface area contributed by atoms with Gasteiger partial charge in [0, 0.05) is 31.7 Å². The lowest BCUT2D eigenvalue weighted by Crippen LogP contribution is -2.51. The van der Waals surface area contributed by atoms with Crippen LogP contribution in [0.4, 0.5) is 24.7 Å². The molecule has 0 saturated carbocycles. The van der Waals surface area contributed by atoms with E-state index in [0.29, 0.717) is 43.1 Å². The molecule has 0 radical (unpaired) electrons. The van der Waals surface area contributed by atoms with Crippen LogP contribution in [0.2, 0.25) is 0 Å². The second-order valence-corrected chi connectivity index (χ2v) is 9.31. The third-order valence-corrected chi connectivity index (χ3v) is 6.57. The molecule has 1 unspecified atom stereocenters. The molecule has 0 aliphatic carbocycles. The zero-order valence-corrected chi connectivity index (χ0v) is 22.0. The van der Waals surface area contributed by atoms with Crippen LogP contribution in [0.1, 0.15) is 33.5 Å². The number of esters is 1. The van der Waals surface area contributed by atoms with Gasteiger partial charge in [0.05, 0.1) is 17.4 Å². The summed E-state index contributed by atoms with van der Waals surface area (Å²) in [6, 6.07) is 20.0. The highest BCUT2D eigenvalue weighted by Gasteiger charge is 2.42. The molecule has 41 heavy (non-hydrogen) atoms. The van der Waals surface area contributed by atoms with E-state index in [0.717, 1.165) is 0 Å². The molecule has 1 saturated heterocycles. The SMILES string of the molecule is CC(OC(=O)c1ccccc1)N1CCN(c2ccc(NC(=O)c3nc(-c4ccccc4)oc3C(F)(F)F)cn2)CC1. The molecule has 5 rings (SSSR count). The van der Waals surface area contributed by atoms with E-state index in [1.54, 1.807) is 54.6 Å². The van der Waals surface area contributed by atoms with Crippen molar-refractivity contribution in [2.75, 3.05) is 36.4 Å². The molecule has 1 aliphatic heterocycles. The number of aromatic nitrogens is 2. The number of rotatable bonds is 7. The number of carbonyl (C=O) groups excluding carboxylic acids is 2. The summed E-state index contributed by atoms with van der Waals surface area (Å²) >= 11 is 0. The monoisotopic (exact) mass is 565 g/mol. The van der Waals surface area contributed by atoms with Crippen LogP contribution in [-0.2, 0) is 10.9 Å². The van der Waals surface area contributed by atoms with Gasteiger partial charge in [-0.1, -0.05) is 36.4 Å². The maximum absolute atomic E-state index is 13.6. The largest absolute Gasteiger partial charge is 0.452 e. The van der Waals surface area contributed by atoms with Gasteiger partial charge in [-0.2, -0.15) is 13.2 Å². The maximum Gasteiger partial charge on any atom is 0.452 e. The van der Waals surface area contributed by atoms with E-state index in [1.165, 1.54) is 18.3 Å². The van der Waals surface area contributed by atoms with E-state index in [-0.39, 0.29) is 17.5 Å². The van der Waals surface area contributed by atoms with Gasteiger partial charge in [-0.3, -0.25) is 9.69 Å². The highest BCUT2D eigenvalue weighted by Crippen LogP contribution is 2.35. The summed E-state index contributed by atoms with van der Waals surface area (Å²) in [6.07, 6.45) is -3.94. The first-order valence-electron chi connectivity index (χ1n) is 12.8. The number of piperazine rings is 1. The van der Waals surface area contributed by atoms with E-state index in [9.17, 15) is 22.8 Å². The van der Waals surface area contributed by atoms with Crippen LogP contribution in [0.5, 0.6) is 0 Å². The van der Waals surface area contributed by atoms with Gasteiger partial charge in [0.25, 0.3) is 5.91 Å². The third-order valence-electron chi connectivity index (χ3n) is 6.57. The average molecular weight is 566 g/mol. The Morgan fingerprint density at radius 2 is 1.61 bits per heavy atom. The van der Waals surface area contributed by atoms with Crippen molar-refractivity contribution in [3.8, 4) is 11.5 Å². The molecule has 1 fully saturated rings. The molecule has 12 heteroatoms. The van der Waals surface area contributed by atoms with Crippen LogP contribution >= 0.6 is 0 Å². The Balaban J connectivity index is 1.19. The molecular formula is C29H26F3N5O4. The number of hydrogen-bond donors (Lipinski definition) is 1. The molecule has 1 aliphatic rings. The van der Waals surface area contributed by atoms with Gasteiger partial charge in [0.1, 0.15) is 5.82 Å². The molecule has 2 aromatic carbocycles. The number of halogens is 3. The first-order valence-corrected chi connectivity index (χ1v) is 12.8. The fourth-order valence-electron chi connectivity index (χ4n) is 4.39. The summed E-state index contributed by atoms with van der Waals surface area (Å²) in [7, 11) is 0. The van der Waals surface area contributed by atoms with Crippen molar-refractivity contribution in [1.82, 2.24) is 14.9 Å². The highest BCUT2D eigenvalue weighted by atomic mass is 19.4. The number of ether oxygens (including phenoxy) is 1. The number of pyridine rings is 1. The molecule has 4 aromatic rings. The Morgan fingerprint density at radius 1 is 0.951 bits per heavy atom. The van der Waals surface area contributed by atoms with Gasteiger partial charge in [0.15, 0.2) is 11.9 Å². The normalized spacial score (nSPS) is 14.9. The number of amides is 1. The van der Waals surface area contributed by atoms with E-state index in [2.05, 4.69) is 15.3 Å². The predicted octanol–water partition coefficient (Wildman–Crippen LogP) is 5.33. The number of nitrogens with zero attached hydrogens (tertiary/aromatic N) is 4. The second kappa shape index (κ2) is 11.8. The predicted molar refractivity (Wildman–Crippen MR) is 144 cm³/mol. The first-order chi connectivity index (χ1) is 19.7. The third kappa shape index (κ3) is 6.55. The number of nitrogens with one attached hydrogen (secondary N) is 1. The molecular weight excluding hydrogens is 539 g/mol. The van der Waals surface area contributed by atoms with Gasteiger partial charge < -0.3 is 19.4 Å². The number of hydrogen-bond acceptors (Lipinski definition) is 8. The van der Waals surface area contributed by atoms with Crippen molar-refractivity contribution >= 4 is 23.4 Å². The van der Waals surface area contributed by atoms with E-state index in [1.807, 2.05) is 22.8 Å². The van der Waals surface area contributed by atoms with Crippen LogP contribution in [0.25, 0.3) is 11.5 Å². The van der Waals surface area contributed by atoms with Gasteiger partial charge in [0.2, 0.25) is 11.7 Å². The Morgan fingerprint density at radius 3 is 2.22 bits per heavy atom. The molecule has 1 atom stereocenters. The molecule has 0 spiro atoms. The lowest BCUT2D eigenvalue weighted by atomic mass is 10.2. The fourth-order valence-corrected chi connectivity index (χ4v) is 4.39. The average Bonchev–Trinajstić information content (AvgIpc) is 3.46. The van der Waals surface area contributed by atoms with E-state index in [4.69, 9.17) is 9.15 Å². The second-order valence-electron chi connectivity index (χ2n) is 9.31. The summed E-state index contributed by atoms with van der Waals surface area (Å²) in [5.74, 6) is -2.59. The Kier molecular flexibility index (Phi) is 8.02. The van der Waals surface area contributed by atoms with E-state index >= 15 is 0 Å². The zero-order chi connectivity index (χ0) is 29.0. The lowest BCUT2D eigenvalue weighted by molar-refractivity contribution is -0.153. The Labute approximate surface area is 233 Å². The smallest absolute Gasteiger partial charge is 0.443 e. The quantitative estimate of drug-likeness (QED) is 0.300. The standard InChI is InChI=1S/C29H26F3N5O4/c1-19(40-28(39)21-10-6-3-7-11-21)36-14-16-37(17-15-36)23-13-12-22(18-33-23)34-26(38)24-25(29(30,31)32)41-27(35-24)20-8-4-2-5-9-20/h2-13,18-19H,14-17H2,1H3,(H,34,38). The van der Waals surface area contributed by atoms with Crippen molar-refractivity contribution in [2.24, 2.45) is 0 Å². The topological polar surface area (TPSA) is 101 Å². The molecule has 9 nitrogen and oxygen atoms in total. The fraction of sp³-hybridized carbons (Fsp3) is 0.241. The van der Waals surface area contributed by atoms with Crippen LogP contribution < -0.4 is 10.2 Å².